The van der Waals surface area contributed by atoms with Gasteiger partial charge in [-0.05, 0) is 0 Å². The first-order valence-corrected chi connectivity index (χ1v) is 11.1. The SMILES string of the molecule is CCS/C(=C/S(=O)(=O)c1ccc(C)cc1)[Se]c1ccccc1. The molecule has 0 bridgehead atoms. The molecule has 116 valence electrons. The van der Waals surface area contributed by atoms with E-state index in [0.29, 0.717) is 4.90 Å². The summed E-state index contributed by atoms with van der Waals surface area (Å²) in [5.74, 6) is 0.865. The van der Waals surface area contributed by atoms with Gasteiger partial charge in [0.25, 0.3) is 0 Å². The Morgan fingerprint density at radius 2 is 1.73 bits per heavy atom. The summed E-state index contributed by atoms with van der Waals surface area (Å²) in [4.78, 5) is 0.358. The summed E-state index contributed by atoms with van der Waals surface area (Å²) in [5.41, 5.74) is 1.06. The van der Waals surface area contributed by atoms with Gasteiger partial charge in [0.15, 0.2) is 0 Å². The molecule has 0 N–H and O–H groups in total. The molecule has 0 fully saturated rings. The van der Waals surface area contributed by atoms with Crippen LogP contribution in [0.1, 0.15) is 12.5 Å². The summed E-state index contributed by atoms with van der Waals surface area (Å²) in [6.07, 6.45) is 0. The summed E-state index contributed by atoms with van der Waals surface area (Å²) in [7, 11) is -3.39. The van der Waals surface area contributed by atoms with Gasteiger partial charge in [-0.15, -0.1) is 0 Å². The molecule has 0 unspecified atom stereocenters. The molecule has 0 aromatic heterocycles. The van der Waals surface area contributed by atoms with Crippen LogP contribution in [0.5, 0.6) is 0 Å². The molecule has 2 rings (SSSR count). The topological polar surface area (TPSA) is 34.1 Å². The van der Waals surface area contributed by atoms with Crippen molar-refractivity contribution in [3.63, 3.8) is 0 Å². The van der Waals surface area contributed by atoms with Crippen LogP contribution >= 0.6 is 11.8 Å². The van der Waals surface area contributed by atoms with Crippen molar-refractivity contribution in [2.24, 2.45) is 0 Å². The molecular formula is C17H18O2S2Se. The Labute approximate surface area is 143 Å². The zero-order chi connectivity index (χ0) is 16.0. The van der Waals surface area contributed by atoms with Crippen LogP contribution in [0.2, 0.25) is 0 Å². The van der Waals surface area contributed by atoms with E-state index in [2.05, 4.69) is 0 Å². The quantitative estimate of drug-likeness (QED) is 0.701. The van der Waals surface area contributed by atoms with Crippen molar-refractivity contribution in [2.45, 2.75) is 18.7 Å². The predicted octanol–water partition coefficient (Wildman–Crippen LogP) is 3.35. The molecule has 0 atom stereocenters. The Kier molecular flexibility index (Phi) is 6.33. The molecule has 0 amide bonds. The molecule has 5 heteroatoms. The second kappa shape index (κ2) is 8.02. The number of sulfone groups is 1. The molecule has 0 aliphatic rings. The summed E-state index contributed by atoms with van der Waals surface area (Å²) in [6.45, 7) is 3.99. The van der Waals surface area contributed by atoms with Gasteiger partial charge in [-0.3, -0.25) is 0 Å². The number of benzene rings is 2. The molecule has 0 saturated carbocycles. The van der Waals surface area contributed by atoms with Crippen molar-refractivity contribution in [3.8, 4) is 0 Å². The van der Waals surface area contributed by atoms with Gasteiger partial charge in [0.1, 0.15) is 0 Å². The van der Waals surface area contributed by atoms with Crippen LogP contribution in [0, 0.1) is 6.92 Å². The normalized spacial score (nSPS) is 12.4. The summed E-state index contributed by atoms with van der Waals surface area (Å²) in [6, 6.07) is 17.0. The van der Waals surface area contributed by atoms with Crippen LogP contribution in [0.3, 0.4) is 0 Å². The van der Waals surface area contributed by atoms with E-state index in [4.69, 9.17) is 0 Å². The van der Waals surface area contributed by atoms with E-state index in [1.165, 1.54) is 9.87 Å². The van der Waals surface area contributed by atoms with E-state index in [0.717, 1.165) is 15.1 Å². The van der Waals surface area contributed by atoms with Gasteiger partial charge in [0.05, 0.1) is 0 Å². The van der Waals surface area contributed by atoms with Crippen molar-refractivity contribution in [1.29, 1.82) is 0 Å². The standard InChI is InChI=1S/C17H18O2S2Se/c1-3-20-17(22-16-7-5-4-6-8-16)13-21(18,19)15-11-9-14(2)10-12-15/h4-13H,3H2,1-2H3/b17-13-. The van der Waals surface area contributed by atoms with Crippen LogP contribution in [-0.2, 0) is 9.84 Å². The van der Waals surface area contributed by atoms with Gasteiger partial charge < -0.3 is 0 Å². The van der Waals surface area contributed by atoms with Crippen LogP contribution in [0.25, 0.3) is 0 Å². The third-order valence-corrected chi connectivity index (χ3v) is 8.41. The molecule has 0 aliphatic heterocycles. The van der Waals surface area contributed by atoms with Crippen LogP contribution in [0.15, 0.2) is 68.7 Å². The number of thioether (sulfide) groups is 1. The fourth-order valence-electron chi connectivity index (χ4n) is 1.76. The van der Waals surface area contributed by atoms with E-state index >= 15 is 0 Å². The van der Waals surface area contributed by atoms with Crippen molar-refractivity contribution < 1.29 is 8.42 Å². The zero-order valence-corrected chi connectivity index (χ0v) is 15.9. The molecule has 2 aromatic carbocycles. The number of hydrogen-bond acceptors (Lipinski definition) is 3. The van der Waals surface area contributed by atoms with Gasteiger partial charge in [-0.2, -0.15) is 0 Å². The average molecular weight is 397 g/mol. The Morgan fingerprint density at radius 1 is 1.09 bits per heavy atom. The molecule has 22 heavy (non-hydrogen) atoms. The van der Waals surface area contributed by atoms with Gasteiger partial charge in [0.2, 0.25) is 0 Å². The van der Waals surface area contributed by atoms with Crippen LogP contribution < -0.4 is 4.46 Å². The number of hydrogen-bond donors (Lipinski definition) is 0. The van der Waals surface area contributed by atoms with Gasteiger partial charge in [0, 0.05) is 0 Å². The van der Waals surface area contributed by atoms with E-state index < -0.39 is 9.84 Å². The molecule has 2 aromatic rings. The maximum absolute atomic E-state index is 12.5. The van der Waals surface area contributed by atoms with Crippen molar-refractivity contribution >= 4 is 41.0 Å². The molecule has 0 heterocycles. The van der Waals surface area contributed by atoms with Crippen molar-refractivity contribution in [1.82, 2.24) is 0 Å². The maximum atomic E-state index is 12.5. The van der Waals surface area contributed by atoms with E-state index in [1.807, 2.05) is 56.3 Å². The molecule has 0 spiro atoms. The van der Waals surface area contributed by atoms with Crippen LogP contribution in [0.4, 0.5) is 0 Å². The van der Waals surface area contributed by atoms with Crippen molar-refractivity contribution in [3.05, 3.63) is 69.4 Å². The minimum absolute atomic E-state index is 0.0136. The average Bonchev–Trinajstić information content (AvgIpc) is 2.48. The Balaban J connectivity index is 2.30. The third kappa shape index (κ3) is 5.03. The first kappa shape index (κ1) is 17.4. The van der Waals surface area contributed by atoms with E-state index in [1.54, 1.807) is 23.9 Å². The van der Waals surface area contributed by atoms with Gasteiger partial charge in [-0.1, -0.05) is 0 Å². The Hall–Kier alpha value is -1.00. The van der Waals surface area contributed by atoms with Crippen LogP contribution in [-0.4, -0.2) is 29.1 Å². The summed E-state index contributed by atoms with van der Waals surface area (Å²) in [5, 5.41) is 1.44. The molecular weight excluding hydrogens is 379 g/mol. The van der Waals surface area contributed by atoms with Gasteiger partial charge >= 0.3 is 143 Å². The number of aryl methyl sites for hydroxylation is 1. The minimum atomic E-state index is -3.39. The summed E-state index contributed by atoms with van der Waals surface area (Å²) >= 11 is 1.62. The monoisotopic (exact) mass is 398 g/mol. The molecule has 0 aliphatic carbocycles. The second-order valence-electron chi connectivity index (χ2n) is 4.64. The fraction of sp³-hybridized carbons (Fsp3) is 0.176. The third-order valence-electron chi connectivity index (χ3n) is 2.85. The molecule has 2 nitrogen and oxygen atoms in total. The van der Waals surface area contributed by atoms with Gasteiger partial charge in [-0.25, -0.2) is 0 Å². The van der Waals surface area contributed by atoms with E-state index in [-0.39, 0.29) is 15.0 Å². The molecule has 0 radical (unpaired) electrons. The Bertz CT molecular complexity index is 736. The first-order chi connectivity index (χ1) is 10.5. The second-order valence-corrected chi connectivity index (χ2v) is 10.7. The summed E-state index contributed by atoms with van der Waals surface area (Å²) < 4.78 is 27.2. The van der Waals surface area contributed by atoms with E-state index in [9.17, 15) is 8.42 Å². The zero-order valence-electron chi connectivity index (χ0n) is 12.5. The molecule has 0 saturated heterocycles. The number of rotatable bonds is 6. The fourth-order valence-corrected chi connectivity index (χ4v) is 7.52. The Morgan fingerprint density at radius 3 is 2.32 bits per heavy atom. The first-order valence-electron chi connectivity index (χ1n) is 6.90. The van der Waals surface area contributed by atoms with Crippen molar-refractivity contribution in [2.75, 3.05) is 5.75 Å². The predicted molar refractivity (Wildman–Crippen MR) is 96.4 cm³/mol.